The van der Waals surface area contributed by atoms with E-state index in [1.54, 1.807) is 30.3 Å². The summed E-state index contributed by atoms with van der Waals surface area (Å²) < 4.78 is 7.29. The van der Waals surface area contributed by atoms with Crippen molar-refractivity contribution in [1.82, 2.24) is 4.57 Å². The van der Waals surface area contributed by atoms with Crippen molar-refractivity contribution >= 4 is 23.4 Å². The average Bonchev–Trinajstić information content (AvgIpc) is 3.24. The van der Waals surface area contributed by atoms with E-state index in [2.05, 4.69) is 0 Å². The number of furan rings is 1. The van der Waals surface area contributed by atoms with Crippen molar-refractivity contribution in [1.29, 1.82) is 0 Å². The molecule has 122 valence electrons. The lowest BCUT2D eigenvalue weighted by Crippen LogP contribution is -2.18. The minimum Gasteiger partial charge on any atom is -0.448 e. The molecule has 2 heterocycles. The highest BCUT2D eigenvalue weighted by atomic mass is 16.4. The van der Waals surface area contributed by atoms with E-state index in [1.807, 2.05) is 29.9 Å². The van der Waals surface area contributed by atoms with Gasteiger partial charge in [-0.1, -0.05) is 24.3 Å². The number of aryl methyl sites for hydroxylation is 1. The van der Waals surface area contributed by atoms with Crippen LogP contribution in [0.1, 0.15) is 48.3 Å². The first-order valence-corrected chi connectivity index (χ1v) is 7.72. The zero-order valence-electron chi connectivity index (χ0n) is 13.4. The molecule has 0 amide bonds. The van der Waals surface area contributed by atoms with Gasteiger partial charge in [0.2, 0.25) is 11.6 Å². The van der Waals surface area contributed by atoms with E-state index in [9.17, 15) is 14.4 Å². The molecule has 0 saturated heterocycles. The molecule has 1 aromatic carbocycles. The molecule has 25 heavy (non-hydrogen) atoms. The zero-order valence-corrected chi connectivity index (χ0v) is 13.4. The van der Waals surface area contributed by atoms with E-state index >= 15 is 0 Å². The maximum Gasteiger partial charge on any atom is 0.229 e. The minimum atomic E-state index is -0.403. The van der Waals surface area contributed by atoms with Crippen molar-refractivity contribution in [3.05, 3.63) is 88.6 Å². The van der Waals surface area contributed by atoms with Gasteiger partial charge in [0.1, 0.15) is 0 Å². The van der Waals surface area contributed by atoms with Gasteiger partial charge in [-0.2, -0.15) is 0 Å². The Morgan fingerprint density at radius 1 is 1.00 bits per heavy atom. The molecule has 0 atom stereocenters. The zero-order chi connectivity index (χ0) is 17.6. The number of hydrogen-bond donors (Lipinski definition) is 0. The molecule has 1 aliphatic rings. The van der Waals surface area contributed by atoms with E-state index in [-0.39, 0.29) is 28.7 Å². The number of rotatable bonds is 3. The van der Waals surface area contributed by atoms with Crippen LogP contribution in [-0.2, 0) is 7.05 Å². The topological polar surface area (TPSA) is 69.3 Å². The molecule has 0 saturated carbocycles. The fraction of sp³-hybridized carbons (Fsp3) is 0.0500. The second-order valence-electron chi connectivity index (χ2n) is 5.80. The minimum absolute atomic E-state index is 0.0232. The highest BCUT2D eigenvalue weighted by molar-refractivity contribution is 6.28. The third kappa shape index (κ3) is 2.37. The van der Waals surface area contributed by atoms with Crippen LogP contribution in [-0.4, -0.2) is 21.9 Å². The van der Waals surface area contributed by atoms with Gasteiger partial charge >= 0.3 is 0 Å². The molecule has 0 fully saturated rings. The van der Waals surface area contributed by atoms with Crippen LogP contribution in [0.5, 0.6) is 0 Å². The second-order valence-corrected chi connectivity index (χ2v) is 5.80. The lowest BCUT2D eigenvalue weighted by Gasteiger charge is -2.11. The molecule has 0 aliphatic heterocycles. The molecule has 2 aromatic heterocycles. The summed E-state index contributed by atoms with van der Waals surface area (Å²) in [5.74, 6) is -1.18. The molecule has 5 heteroatoms. The molecule has 4 rings (SSSR count). The van der Waals surface area contributed by atoms with Crippen LogP contribution in [0.2, 0.25) is 0 Å². The summed E-state index contributed by atoms with van der Waals surface area (Å²) in [6.07, 6.45) is 4.88. The molecule has 5 nitrogen and oxygen atoms in total. The molecule has 0 spiro atoms. The van der Waals surface area contributed by atoms with Crippen LogP contribution in [0.4, 0.5) is 0 Å². The molecular weight excluding hydrogens is 318 g/mol. The molecule has 0 unspecified atom stereocenters. The van der Waals surface area contributed by atoms with Gasteiger partial charge in [0.05, 0.1) is 5.56 Å². The van der Waals surface area contributed by atoms with Gasteiger partial charge in [0.25, 0.3) is 0 Å². The van der Waals surface area contributed by atoms with Gasteiger partial charge in [-0.25, -0.2) is 0 Å². The van der Waals surface area contributed by atoms with Crippen LogP contribution in [0.3, 0.4) is 0 Å². The standard InChI is InChI=1S/C20H13NO4/c1-21-10-4-5-12(21)8-9-16(22)17-11-15-18(23)13-6-2-3-7-14(13)19(24)20(15)25-17/h2-11H,1H3/b9-8+. The number of benzene rings is 1. The summed E-state index contributed by atoms with van der Waals surface area (Å²) in [6, 6.07) is 11.6. The van der Waals surface area contributed by atoms with Gasteiger partial charge in [-0.15, -0.1) is 0 Å². The highest BCUT2D eigenvalue weighted by Gasteiger charge is 2.34. The second kappa shape index (κ2) is 5.56. The average molecular weight is 331 g/mol. The number of nitrogens with zero attached hydrogens (tertiary/aromatic N) is 1. The van der Waals surface area contributed by atoms with E-state index in [0.717, 1.165) is 5.69 Å². The summed E-state index contributed by atoms with van der Waals surface area (Å²) in [5.41, 5.74) is 1.62. The number of carbonyl (C=O) groups is 3. The Bertz CT molecular complexity index is 1010. The van der Waals surface area contributed by atoms with Crippen LogP contribution in [0.25, 0.3) is 6.08 Å². The van der Waals surface area contributed by atoms with E-state index in [1.165, 1.54) is 12.1 Å². The van der Waals surface area contributed by atoms with Gasteiger partial charge in [-0.05, 0) is 30.4 Å². The number of ketones is 3. The largest absolute Gasteiger partial charge is 0.448 e. The van der Waals surface area contributed by atoms with Gasteiger partial charge in [-0.3, -0.25) is 14.4 Å². The Labute approximate surface area is 143 Å². The molecular formula is C20H13NO4. The van der Waals surface area contributed by atoms with Crippen molar-refractivity contribution in [3.8, 4) is 0 Å². The fourth-order valence-corrected chi connectivity index (χ4v) is 2.89. The monoisotopic (exact) mass is 331 g/mol. The SMILES string of the molecule is Cn1cccc1/C=C/C(=O)c1cc2c(o1)C(=O)c1ccccc1C2=O. The van der Waals surface area contributed by atoms with Crippen molar-refractivity contribution in [2.45, 2.75) is 0 Å². The third-order valence-corrected chi connectivity index (χ3v) is 4.23. The van der Waals surface area contributed by atoms with E-state index < -0.39 is 5.78 Å². The predicted molar refractivity (Wildman–Crippen MR) is 90.8 cm³/mol. The summed E-state index contributed by atoms with van der Waals surface area (Å²) in [4.78, 5) is 37.4. The number of allylic oxidation sites excluding steroid dienone is 1. The van der Waals surface area contributed by atoms with Gasteiger partial charge in [0, 0.05) is 30.1 Å². The normalized spacial score (nSPS) is 13.2. The lowest BCUT2D eigenvalue weighted by molar-refractivity contribution is 0.0952. The maximum atomic E-state index is 12.5. The number of fused-ring (bicyclic) bond motifs is 2. The van der Waals surface area contributed by atoms with Crippen LogP contribution < -0.4 is 0 Å². The highest BCUT2D eigenvalue weighted by Crippen LogP contribution is 2.29. The van der Waals surface area contributed by atoms with Crippen LogP contribution in [0, 0.1) is 0 Å². The summed E-state index contributed by atoms with van der Waals surface area (Å²) in [5, 5.41) is 0. The third-order valence-electron chi connectivity index (χ3n) is 4.23. The lowest BCUT2D eigenvalue weighted by atomic mass is 9.88. The molecule has 0 radical (unpaired) electrons. The smallest absolute Gasteiger partial charge is 0.229 e. The number of carbonyl (C=O) groups excluding carboxylic acids is 3. The fourth-order valence-electron chi connectivity index (χ4n) is 2.89. The first-order valence-electron chi connectivity index (χ1n) is 7.72. The van der Waals surface area contributed by atoms with Crippen LogP contribution >= 0.6 is 0 Å². The molecule has 0 N–H and O–H groups in total. The van der Waals surface area contributed by atoms with Gasteiger partial charge in [0.15, 0.2) is 17.3 Å². The number of hydrogen-bond acceptors (Lipinski definition) is 4. The first-order chi connectivity index (χ1) is 12.1. The van der Waals surface area contributed by atoms with Crippen molar-refractivity contribution < 1.29 is 18.8 Å². The van der Waals surface area contributed by atoms with E-state index in [4.69, 9.17) is 4.42 Å². The Balaban J connectivity index is 1.70. The summed E-state index contributed by atoms with van der Waals surface area (Å²) >= 11 is 0. The van der Waals surface area contributed by atoms with Gasteiger partial charge < -0.3 is 8.98 Å². The Morgan fingerprint density at radius 3 is 2.40 bits per heavy atom. The van der Waals surface area contributed by atoms with Crippen LogP contribution in [0.15, 0.2) is 59.2 Å². The summed E-state index contributed by atoms with van der Waals surface area (Å²) in [7, 11) is 1.87. The molecule has 3 aromatic rings. The van der Waals surface area contributed by atoms with E-state index in [0.29, 0.717) is 11.1 Å². The molecule has 0 bridgehead atoms. The maximum absolute atomic E-state index is 12.5. The summed E-state index contributed by atoms with van der Waals surface area (Å²) in [6.45, 7) is 0. The number of aromatic nitrogens is 1. The predicted octanol–water partition coefficient (Wildman–Crippen LogP) is 3.29. The van der Waals surface area contributed by atoms with Crippen molar-refractivity contribution in [2.24, 2.45) is 7.05 Å². The molecule has 1 aliphatic carbocycles. The Morgan fingerprint density at radius 2 is 1.72 bits per heavy atom. The van der Waals surface area contributed by atoms with Crippen molar-refractivity contribution in [3.63, 3.8) is 0 Å². The Hall–Kier alpha value is -3.47. The Kier molecular flexibility index (Phi) is 3.35. The van der Waals surface area contributed by atoms with Crippen molar-refractivity contribution in [2.75, 3.05) is 0 Å². The quantitative estimate of drug-likeness (QED) is 0.427. The first kappa shape index (κ1) is 15.1.